The second-order valence-electron chi connectivity index (χ2n) is 3.55. The Balaban J connectivity index is 5.06. The second kappa shape index (κ2) is 10.4. The number of ether oxygens (including phenoxy) is 1. The van der Waals surface area contributed by atoms with Crippen LogP contribution in [0.5, 0.6) is 0 Å². The van der Waals surface area contributed by atoms with Gasteiger partial charge in [-0.2, -0.15) is 12.6 Å². The third-order valence-corrected chi connectivity index (χ3v) is 5.81. The summed E-state index contributed by atoms with van der Waals surface area (Å²) in [6.07, 6.45) is 1.81. The zero-order chi connectivity index (χ0) is 14.7. The minimum absolute atomic E-state index is 0.447. The number of rotatable bonds is 10. The first-order valence-electron chi connectivity index (χ1n) is 6.53. The van der Waals surface area contributed by atoms with Gasteiger partial charge in [-0.25, -0.2) is 4.79 Å². The molecule has 5 nitrogen and oxygen atoms in total. The van der Waals surface area contributed by atoms with Crippen LogP contribution in [-0.4, -0.2) is 40.3 Å². The zero-order valence-corrected chi connectivity index (χ0v) is 13.9. The summed E-state index contributed by atoms with van der Waals surface area (Å²) in [7, 11) is -3.02. The summed E-state index contributed by atoms with van der Waals surface area (Å²) in [5.74, 6) is -0.474. The summed E-state index contributed by atoms with van der Waals surface area (Å²) >= 11 is 3.84. The van der Waals surface area contributed by atoms with E-state index in [0.717, 1.165) is 0 Å². The quantitative estimate of drug-likeness (QED) is 0.290. The molecule has 0 spiro atoms. The fraction of sp³-hybridized carbons (Fsp3) is 0.750. The van der Waals surface area contributed by atoms with Crippen LogP contribution in [0.4, 0.5) is 0 Å². The molecular weight excluding hydrogens is 284 g/mol. The van der Waals surface area contributed by atoms with E-state index in [4.69, 9.17) is 18.0 Å². The van der Waals surface area contributed by atoms with Crippen LogP contribution >= 0.6 is 12.6 Å². The molecule has 0 fully saturated rings. The molecule has 0 rings (SSSR count). The van der Waals surface area contributed by atoms with Crippen LogP contribution in [0.1, 0.15) is 34.1 Å². The van der Waals surface area contributed by atoms with Crippen molar-refractivity contribution in [1.29, 1.82) is 0 Å². The second-order valence-corrected chi connectivity index (χ2v) is 6.57. The Morgan fingerprint density at radius 2 is 1.58 bits per heavy atom. The summed E-state index contributed by atoms with van der Waals surface area (Å²) < 4.78 is 22.5. The van der Waals surface area contributed by atoms with Crippen molar-refractivity contribution in [2.45, 2.75) is 39.8 Å². The van der Waals surface area contributed by atoms with Crippen molar-refractivity contribution in [3.05, 3.63) is 11.5 Å². The van der Waals surface area contributed by atoms with Crippen molar-refractivity contribution in [2.75, 3.05) is 19.8 Å². The molecule has 0 amide bonds. The molecule has 0 aliphatic heterocycles. The Hall–Kier alpha value is -0.343. The topological polar surface area (TPSA) is 54.0 Å². The smallest absolute Gasteiger partial charge is 0.455 e. The third-order valence-electron chi connectivity index (χ3n) is 2.27. The standard InChI is InChI=1S/C12H24O5SSi/c1-5-12(17-11(13)9-10-18)19(14-6-2,15-7-3)16-8-4/h9-10,12,18H,5-8H2,1-4H3. The Labute approximate surface area is 122 Å². The Bertz CT molecular complexity index is 268. The first kappa shape index (κ1) is 18.7. The zero-order valence-electron chi connectivity index (χ0n) is 12.0. The third kappa shape index (κ3) is 6.09. The molecule has 0 aromatic rings. The highest BCUT2D eigenvalue weighted by molar-refractivity contribution is 7.83. The van der Waals surface area contributed by atoms with Crippen molar-refractivity contribution < 1.29 is 22.8 Å². The van der Waals surface area contributed by atoms with E-state index >= 15 is 0 Å². The lowest BCUT2D eigenvalue weighted by Crippen LogP contribution is -2.57. The van der Waals surface area contributed by atoms with E-state index in [1.165, 1.54) is 11.5 Å². The fourth-order valence-electron chi connectivity index (χ4n) is 1.65. The maximum absolute atomic E-state index is 11.6. The van der Waals surface area contributed by atoms with Crippen molar-refractivity contribution in [3.8, 4) is 0 Å². The predicted molar refractivity (Wildman–Crippen MR) is 78.9 cm³/mol. The van der Waals surface area contributed by atoms with Gasteiger partial charge in [0.15, 0.2) is 5.73 Å². The van der Waals surface area contributed by atoms with Gasteiger partial charge in [-0.1, -0.05) is 6.92 Å². The van der Waals surface area contributed by atoms with Gasteiger partial charge in [0.2, 0.25) is 0 Å². The average molecular weight is 308 g/mol. The minimum Gasteiger partial charge on any atom is -0.455 e. The molecule has 0 aromatic heterocycles. The number of esters is 1. The largest absolute Gasteiger partial charge is 0.544 e. The average Bonchev–Trinajstić information content (AvgIpc) is 2.37. The van der Waals surface area contributed by atoms with Crippen molar-refractivity contribution in [3.63, 3.8) is 0 Å². The molecule has 0 N–H and O–H groups in total. The van der Waals surface area contributed by atoms with E-state index in [2.05, 4.69) is 12.6 Å². The molecule has 0 saturated carbocycles. The maximum Gasteiger partial charge on any atom is 0.544 e. The monoisotopic (exact) mass is 308 g/mol. The summed E-state index contributed by atoms with van der Waals surface area (Å²) in [4.78, 5) is 11.6. The van der Waals surface area contributed by atoms with Crippen LogP contribution in [-0.2, 0) is 22.8 Å². The normalized spacial score (nSPS) is 13.7. The molecule has 112 valence electrons. The number of carbonyl (C=O) groups is 1. The van der Waals surface area contributed by atoms with Crippen LogP contribution < -0.4 is 0 Å². The molecule has 0 heterocycles. The summed E-state index contributed by atoms with van der Waals surface area (Å²) in [5, 5.41) is 1.33. The van der Waals surface area contributed by atoms with Gasteiger partial charge in [0.1, 0.15) is 0 Å². The lowest BCUT2D eigenvalue weighted by Gasteiger charge is -2.33. The lowest BCUT2D eigenvalue weighted by molar-refractivity contribution is -0.143. The SMILES string of the molecule is CCO[Si](OCC)(OCC)C(CC)OC(=O)C=CS. The number of hydrogen-bond donors (Lipinski definition) is 1. The molecule has 0 aliphatic rings. The van der Waals surface area contributed by atoms with Gasteiger partial charge in [0.05, 0.1) is 0 Å². The van der Waals surface area contributed by atoms with Crippen LogP contribution in [0.3, 0.4) is 0 Å². The first-order valence-corrected chi connectivity index (χ1v) is 8.85. The Kier molecular flexibility index (Phi) is 10.3. The molecule has 0 saturated heterocycles. The molecule has 0 radical (unpaired) electrons. The fourth-order valence-corrected chi connectivity index (χ4v) is 4.55. The van der Waals surface area contributed by atoms with Crippen molar-refractivity contribution >= 4 is 27.4 Å². The molecule has 7 heteroatoms. The van der Waals surface area contributed by atoms with E-state index in [1.807, 2.05) is 27.7 Å². The van der Waals surface area contributed by atoms with Gasteiger partial charge in [0, 0.05) is 25.9 Å². The number of hydrogen-bond acceptors (Lipinski definition) is 6. The highest BCUT2D eigenvalue weighted by Crippen LogP contribution is 2.21. The highest BCUT2D eigenvalue weighted by atomic mass is 32.1. The van der Waals surface area contributed by atoms with Crippen LogP contribution in [0.25, 0.3) is 0 Å². The molecular formula is C12H24O5SSi. The summed E-state index contributed by atoms with van der Waals surface area (Å²) in [5.41, 5.74) is -0.510. The van der Waals surface area contributed by atoms with Gasteiger partial charge in [0.25, 0.3) is 0 Å². The molecule has 0 bridgehead atoms. The summed E-state index contributed by atoms with van der Waals surface area (Å²) in [6.45, 7) is 8.83. The summed E-state index contributed by atoms with van der Waals surface area (Å²) in [6, 6.07) is 0. The lowest BCUT2D eigenvalue weighted by atomic mass is 10.5. The minimum atomic E-state index is -3.02. The van der Waals surface area contributed by atoms with Crippen LogP contribution in [0.15, 0.2) is 11.5 Å². The van der Waals surface area contributed by atoms with E-state index in [1.54, 1.807) is 0 Å². The van der Waals surface area contributed by atoms with E-state index in [0.29, 0.717) is 26.2 Å². The van der Waals surface area contributed by atoms with Gasteiger partial charge in [-0.3, -0.25) is 0 Å². The van der Waals surface area contributed by atoms with Gasteiger partial charge in [-0.15, -0.1) is 0 Å². The van der Waals surface area contributed by atoms with Gasteiger partial charge in [-0.05, 0) is 32.6 Å². The highest BCUT2D eigenvalue weighted by Gasteiger charge is 2.51. The van der Waals surface area contributed by atoms with Crippen molar-refractivity contribution in [2.24, 2.45) is 0 Å². The molecule has 19 heavy (non-hydrogen) atoms. The van der Waals surface area contributed by atoms with E-state index < -0.39 is 20.5 Å². The van der Waals surface area contributed by atoms with Crippen LogP contribution in [0.2, 0.25) is 0 Å². The van der Waals surface area contributed by atoms with Crippen molar-refractivity contribution in [1.82, 2.24) is 0 Å². The molecule has 1 atom stereocenters. The first-order chi connectivity index (χ1) is 9.10. The van der Waals surface area contributed by atoms with Crippen LogP contribution in [0, 0.1) is 0 Å². The number of carbonyl (C=O) groups excluding carboxylic acids is 1. The predicted octanol–water partition coefficient (Wildman–Crippen LogP) is 2.34. The van der Waals surface area contributed by atoms with E-state index in [-0.39, 0.29) is 0 Å². The molecule has 0 aromatic carbocycles. The molecule has 0 aliphatic carbocycles. The van der Waals surface area contributed by atoms with Gasteiger partial charge < -0.3 is 18.0 Å². The van der Waals surface area contributed by atoms with E-state index in [9.17, 15) is 4.79 Å². The number of thiol groups is 1. The maximum atomic E-state index is 11.6. The molecule has 1 unspecified atom stereocenters. The Morgan fingerprint density at radius 1 is 1.11 bits per heavy atom. The Morgan fingerprint density at radius 3 is 1.89 bits per heavy atom. The van der Waals surface area contributed by atoms with Gasteiger partial charge >= 0.3 is 14.8 Å².